The zero-order valence-electron chi connectivity index (χ0n) is 13.1. The summed E-state index contributed by atoms with van der Waals surface area (Å²) in [5, 5.41) is 6.34. The van der Waals surface area contributed by atoms with E-state index in [0.29, 0.717) is 31.0 Å². The molecule has 0 aliphatic carbocycles. The van der Waals surface area contributed by atoms with Crippen LogP contribution in [-0.2, 0) is 11.2 Å². The summed E-state index contributed by atoms with van der Waals surface area (Å²) in [4.78, 5) is 4.12. The number of guanidine groups is 1. The molecule has 0 aliphatic rings. The van der Waals surface area contributed by atoms with Crippen molar-refractivity contribution < 1.29 is 9.13 Å². The molecule has 0 amide bonds. The summed E-state index contributed by atoms with van der Waals surface area (Å²) in [6.07, 6.45) is 0.612. The SMILES string of the molecule is CN=C(NCCc1ccccc1F)NCC(C)(C)OC.I. The van der Waals surface area contributed by atoms with Crippen molar-refractivity contribution in [2.24, 2.45) is 4.99 Å². The van der Waals surface area contributed by atoms with Gasteiger partial charge in [0.05, 0.1) is 5.60 Å². The molecule has 0 atom stereocenters. The van der Waals surface area contributed by atoms with Gasteiger partial charge in [0.25, 0.3) is 0 Å². The zero-order chi connectivity index (χ0) is 15.0. The number of aliphatic imine (C=N–C) groups is 1. The fourth-order valence-corrected chi connectivity index (χ4v) is 1.61. The van der Waals surface area contributed by atoms with Crippen LogP contribution in [0, 0.1) is 5.82 Å². The van der Waals surface area contributed by atoms with Crippen LogP contribution in [0.2, 0.25) is 0 Å². The number of nitrogens with zero attached hydrogens (tertiary/aromatic N) is 1. The zero-order valence-corrected chi connectivity index (χ0v) is 15.4. The molecule has 0 bridgehead atoms. The fraction of sp³-hybridized carbons (Fsp3) is 0.533. The normalized spacial score (nSPS) is 11.8. The predicted octanol–water partition coefficient (Wildman–Crippen LogP) is 2.58. The van der Waals surface area contributed by atoms with Gasteiger partial charge in [-0.2, -0.15) is 0 Å². The van der Waals surface area contributed by atoms with E-state index >= 15 is 0 Å². The molecular weight excluding hydrogens is 384 g/mol. The maximum absolute atomic E-state index is 13.5. The molecule has 0 heterocycles. The molecule has 0 aliphatic heterocycles. The maximum atomic E-state index is 13.5. The van der Waals surface area contributed by atoms with E-state index in [9.17, 15) is 4.39 Å². The van der Waals surface area contributed by atoms with Crippen LogP contribution < -0.4 is 10.6 Å². The molecule has 21 heavy (non-hydrogen) atoms. The second kappa shape index (κ2) is 9.94. The lowest BCUT2D eigenvalue weighted by atomic mass is 10.1. The van der Waals surface area contributed by atoms with Crippen LogP contribution in [0.1, 0.15) is 19.4 Å². The van der Waals surface area contributed by atoms with Gasteiger partial charge < -0.3 is 15.4 Å². The molecule has 6 heteroatoms. The molecule has 0 radical (unpaired) electrons. The Kier molecular flexibility index (Phi) is 9.52. The molecule has 4 nitrogen and oxygen atoms in total. The summed E-state index contributed by atoms with van der Waals surface area (Å²) >= 11 is 0. The minimum atomic E-state index is -0.261. The van der Waals surface area contributed by atoms with Crippen LogP contribution in [-0.4, -0.2) is 38.8 Å². The molecule has 2 N–H and O–H groups in total. The van der Waals surface area contributed by atoms with Gasteiger partial charge in [-0.25, -0.2) is 4.39 Å². The van der Waals surface area contributed by atoms with E-state index in [-0.39, 0.29) is 35.4 Å². The number of halogens is 2. The fourth-order valence-electron chi connectivity index (χ4n) is 1.61. The smallest absolute Gasteiger partial charge is 0.191 e. The Bertz CT molecular complexity index is 452. The summed E-state index contributed by atoms with van der Waals surface area (Å²) in [6.45, 7) is 5.25. The van der Waals surface area contributed by atoms with Gasteiger partial charge >= 0.3 is 0 Å². The van der Waals surface area contributed by atoms with Crippen molar-refractivity contribution in [2.45, 2.75) is 25.9 Å². The molecule has 120 valence electrons. The number of hydrogen-bond donors (Lipinski definition) is 2. The highest BCUT2D eigenvalue weighted by molar-refractivity contribution is 14.0. The molecule has 0 spiro atoms. The van der Waals surface area contributed by atoms with E-state index in [1.165, 1.54) is 6.07 Å². The highest BCUT2D eigenvalue weighted by Gasteiger charge is 2.16. The quantitative estimate of drug-likeness (QED) is 0.432. The first-order chi connectivity index (χ1) is 9.48. The van der Waals surface area contributed by atoms with E-state index in [1.54, 1.807) is 26.3 Å². The topological polar surface area (TPSA) is 45.7 Å². The molecular formula is C15H25FIN3O. The van der Waals surface area contributed by atoms with Crippen molar-refractivity contribution in [3.63, 3.8) is 0 Å². The number of hydrogen-bond acceptors (Lipinski definition) is 2. The predicted molar refractivity (Wildman–Crippen MR) is 96.0 cm³/mol. The summed E-state index contributed by atoms with van der Waals surface area (Å²) in [5.41, 5.74) is 0.441. The van der Waals surface area contributed by atoms with Crippen molar-refractivity contribution in [1.29, 1.82) is 0 Å². The van der Waals surface area contributed by atoms with E-state index < -0.39 is 0 Å². The second-order valence-electron chi connectivity index (χ2n) is 5.16. The van der Waals surface area contributed by atoms with Crippen LogP contribution in [0.4, 0.5) is 4.39 Å². The van der Waals surface area contributed by atoms with E-state index in [4.69, 9.17) is 4.74 Å². The first-order valence-corrected chi connectivity index (χ1v) is 6.71. The Morgan fingerprint density at radius 2 is 1.95 bits per heavy atom. The number of rotatable bonds is 6. The van der Waals surface area contributed by atoms with Gasteiger partial charge in [-0.05, 0) is 31.9 Å². The van der Waals surface area contributed by atoms with Crippen LogP contribution >= 0.6 is 24.0 Å². The van der Waals surface area contributed by atoms with Crippen LogP contribution in [0.25, 0.3) is 0 Å². The van der Waals surface area contributed by atoms with Crippen molar-refractivity contribution in [3.05, 3.63) is 35.6 Å². The van der Waals surface area contributed by atoms with Crippen molar-refractivity contribution >= 4 is 29.9 Å². The molecule has 0 fully saturated rings. The average molecular weight is 409 g/mol. The summed E-state index contributed by atoms with van der Waals surface area (Å²) in [5.74, 6) is 0.518. The van der Waals surface area contributed by atoms with Gasteiger partial charge in [0.2, 0.25) is 0 Å². The third-order valence-corrected chi connectivity index (χ3v) is 3.10. The highest BCUT2D eigenvalue weighted by atomic mass is 127. The lowest BCUT2D eigenvalue weighted by Crippen LogP contribution is -2.45. The Morgan fingerprint density at radius 3 is 2.52 bits per heavy atom. The average Bonchev–Trinajstić information content (AvgIpc) is 2.44. The lowest BCUT2D eigenvalue weighted by molar-refractivity contribution is 0.0268. The number of methoxy groups -OCH3 is 1. The third kappa shape index (κ3) is 7.61. The summed E-state index contributed by atoms with van der Waals surface area (Å²) in [7, 11) is 3.38. The van der Waals surface area contributed by atoms with Gasteiger partial charge in [-0.3, -0.25) is 4.99 Å². The summed E-state index contributed by atoms with van der Waals surface area (Å²) in [6, 6.07) is 6.80. The number of benzene rings is 1. The molecule has 1 aromatic carbocycles. The Hall–Kier alpha value is -0.890. The van der Waals surface area contributed by atoms with Gasteiger partial charge in [0.1, 0.15) is 5.82 Å². The van der Waals surface area contributed by atoms with Gasteiger partial charge in [-0.15, -0.1) is 24.0 Å². The van der Waals surface area contributed by atoms with E-state index in [2.05, 4.69) is 15.6 Å². The minimum Gasteiger partial charge on any atom is -0.377 e. The molecule has 0 saturated heterocycles. The van der Waals surface area contributed by atoms with Gasteiger partial charge in [-0.1, -0.05) is 18.2 Å². The maximum Gasteiger partial charge on any atom is 0.191 e. The van der Waals surface area contributed by atoms with E-state index in [1.807, 2.05) is 19.9 Å². The Balaban J connectivity index is 0.00000400. The Labute approximate surface area is 143 Å². The van der Waals surface area contributed by atoms with Crippen molar-refractivity contribution in [3.8, 4) is 0 Å². The Morgan fingerprint density at radius 1 is 1.29 bits per heavy atom. The van der Waals surface area contributed by atoms with Crippen molar-refractivity contribution in [2.75, 3.05) is 27.2 Å². The van der Waals surface area contributed by atoms with Gasteiger partial charge in [0.15, 0.2) is 5.96 Å². The standard InChI is InChI=1S/C15H24FN3O.HI/c1-15(2,20-4)11-19-14(17-3)18-10-9-12-7-5-6-8-13(12)16;/h5-8H,9-11H2,1-4H3,(H2,17,18,19);1H. The first kappa shape index (κ1) is 20.1. The van der Waals surface area contributed by atoms with Crippen LogP contribution in [0.5, 0.6) is 0 Å². The summed E-state index contributed by atoms with van der Waals surface area (Å²) < 4.78 is 18.8. The highest BCUT2D eigenvalue weighted by Crippen LogP contribution is 2.06. The molecule has 1 aromatic rings. The van der Waals surface area contributed by atoms with Gasteiger partial charge in [0, 0.05) is 27.2 Å². The number of nitrogens with one attached hydrogen (secondary N) is 2. The first-order valence-electron chi connectivity index (χ1n) is 6.71. The molecule has 0 unspecified atom stereocenters. The van der Waals surface area contributed by atoms with Crippen LogP contribution in [0.3, 0.4) is 0 Å². The molecule has 0 saturated carbocycles. The molecule has 1 rings (SSSR count). The number of ether oxygens (including phenoxy) is 1. The second-order valence-corrected chi connectivity index (χ2v) is 5.16. The van der Waals surface area contributed by atoms with Crippen molar-refractivity contribution in [1.82, 2.24) is 10.6 Å². The van der Waals surface area contributed by atoms with E-state index in [0.717, 1.165) is 0 Å². The lowest BCUT2D eigenvalue weighted by Gasteiger charge is -2.24. The largest absolute Gasteiger partial charge is 0.377 e. The monoisotopic (exact) mass is 409 g/mol. The minimum absolute atomic E-state index is 0. The third-order valence-electron chi connectivity index (χ3n) is 3.10. The molecule has 0 aromatic heterocycles. The van der Waals surface area contributed by atoms with Crippen LogP contribution in [0.15, 0.2) is 29.3 Å².